The van der Waals surface area contributed by atoms with Crippen LogP contribution >= 0.6 is 0 Å². The molecule has 4 fully saturated rings. The molecule has 1 aromatic heterocycles. The average Bonchev–Trinajstić information content (AvgIpc) is 3.21. The second kappa shape index (κ2) is 6.71. The molecule has 0 spiro atoms. The number of anilines is 1. The summed E-state index contributed by atoms with van der Waals surface area (Å²) in [5, 5.41) is 6.68. The summed E-state index contributed by atoms with van der Waals surface area (Å²) in [7, 11) is 0. The van der Waals surface area contributed by atoms with Crippen molar-refractivity contribution in [3.8, 4) is 0 Å². The average molecular weight is 458 g/mol. The Kier molecular flexibility index (Phi) is 4.46. The second-order valence-corrected chi connectivity index (χ2v) is 9.55. The molecule has 11 heteroatoms. The molecule has 2 aromatic rings. The van der Waals surface area contributed by atoms with Gasteiger partial charge in [0, 0.05) is 5.69 Å². The Hall–Kier alpha value is -2.59. The molecule has 4 saturated carbocycles. The predicted molar refractivity (Wildman–Crippen MR) is 100 cm³/mol. The number of hydrogen-bond donors (Lipinski definition) is 1. The van der Waals surface area contributed by atoms with Crippen LogP contribution in [-0.4, -0.2) is 20.7 Å². The number of carbonyl (C=O) groups excluding carboxylic acids is 1. The first-order valence-electron chi connectivity index (χ1n) is 10.3. The van der Waals surface area contributed by atoms with E-state index in [4.69, 9.17) is 0 Å². The van der Waals surface area contributed by atoms with Crippen molar-refractivity contribution in [2.45, 2.75) is 56.4 Å². The minimum absolute atomic E-state index is 0.0556. The lowest BCUT2D eigenvalue weighted by Crippen LogP contribution is -2.60. The van der Waals surface area contributed by atoms with Gasteiger partial charge >= 0.3 is 12.4 Å². The molecule has 32 heavy (non-hydrogen) atoms. The third-order valence-corrected chi connectivity index (χ3v) is 7.26. The van der Waals surface area contributed by atoms with Gasteiger partial charge in [-0.1, -0.05) is 0 Å². The highest BCUT2D eigenvalue weighted by molar-refractivity contribution is 5.96. The Morgan fingerprint density at radius 3 is 2.06 bits per heavy atom. The maximum absolute atomic E-state index is 13.4. The van der Waals surface area contributed by atoms with Crippen LogP contribution in [-0.2, 0) is 22.7 Å². The van der Waals surface area contributed by atoms with E-state index in [0.29, 0.717) is 31.4 Å². The van der Waals surface area contributed by atoms with E-state index >= 15 is 0 Å². The van der Waals surface area contributed by atoms with Crippen molar-refractivity contribution in [1.82, 2.24) is 14.8 Å². The quantitative estimate of drug-likeness (QED) is 0.640. The summed E-state index contributed by atoms with van der Waals surface area (Å²) in [6.45, 7) is 0. The monoisotopic (exact) mass is 458 g/mol. The summed E-state index contributed by atoms with van der Waals surface area (Å²) >= 11 is 0. The number of hydrogen-bond acceptors (Lipinski definition) is 3. The summed E-state index contributed by atoms with van der Waals surface area (Å²) in [6, 6.07) is 1.17. The van der Waals surface area contributed by atoms with Crippen LogP contribution in [0.15, 0.2) is 30.9 Å². The summed E-state index contributed by atoms with van der Waals surface area (Å²) in [4.78, 5) is 17.4. The number of carbonyl (C=O) groups is 1. The normalized spacial score (nSPS) is 31.7. The van der Waals surface area contributed by atoms with Crippen LogP contribution in [0.25, 0.3) is 0 Å². The molecule has 1 N–H and O–H groups in total. The molecule has 4 aliphatic rings. The van der Waals surface area contributed by atoms with E-state index in [9.17, 15) is 31.1 Å². The lowest BCUT2D eigenvalue weighted by Gasteiger charge is -2.60. The zero-order chi connectivity index (χ0) is 22.9. The summed E-state index contributed by atoms with van der Waals surface area (Å²) < 4.78 is 81.0. The Bertz CT molecular complexity index is 999. The van der Waals surface area contributed by atoms with Gasteiger partial charge in [-0.25, -0.2) is 9.67 Å². The number of aromatic nitrogens is 3. The summed E-state index contributed by atoms with van der Waals surface area (Å²) in [5.41, 5.74) is -4.66. The third-order valence-electron chi connectivity index (χ3n) is 7.26. The molecular formula is C21H20F6N4O. The molecule has 5 nitrogen and oxygen atoms in total. The molecule has 4 aliphatic carbocycles. The highest BCUT2D eigenvalue weighted by atomic mass is 19.4. The van der Waals surface area contributed by atoms with Gasteiger partial charge in [0.15, 0.2) is 0 Å². The lowest BCUT2D eigenvalue weighted by atomic mass is 9.46. The first-order valence-corrected chi connectivity index (χ1v) is 10.3. The number of nitrogens with one attached hydrogen (secondary N) is 1. The fraction of sp³-hybridized carbons (Fsp3) is 0.571. The molecule has 0 unspecified atom stereocenters. The minimum atomic E-state index is -4.97. The maximum atomic E-state index is 13.4. The van der Waals surface area contributed by atoms with Gasteiger partial charge in [0.1, 0.15) is 12.7 Å². The van der Waals surface area contributed by atoms with E-state index in [0.717, 1.165) is 19.3 Å². The molecule has 1 heterocycles. The molecule has 0 radical (unpaired) electrons. The standard InChI is InChI=1S/C21H20F6N4O/c22-20(23,24)14-2-15(21(25,26)27)4-16(3-14)30-17(32)18-5-12-1-13(6-18)8-19(7-12,9-18)31-11-28-10-29-31/h2-4,10-13H,1,5-9H2,(H,30,32)/t12-,13-,18?,19?/m0/s1. The van der Waals surface area contributed by atoms with Crippen LogP contribution in [0.5, 0.6) is 0 Å². The highest BCUT2D eigenvalue weighted by Gasteiger charge is 2.61. The number of rotatable bonds is 3. The Labute approximate surface area is 179 Å². The molecule has 6 rings (SSSR count). The van der Waals surface area contributed by atoms with E-state index in [1.807, 2.05) is 0 Å². The van der Waals surface area contributed by atoms with Crippen LogP contribution in [0.4, 0.5) is 32.0 Å². The topological polar surface area (TPSA) is 59.8 Å². The van der Waals surface area contributed by atoms with E-state index in [2.05, 4.69) is 15.4 Å². The van der Waals surface area contributed by atoms with Crippen molar-refractivity contribution in [2.24, 2.45) is 17.3 Å². The fourth-order valence-electron chi connectivity index (χ4n) is 6.49. The highest BCUT2D eigenvalue weighted by Crippen LogP contribution is 2.64. The first kappa shape index (κ1) is 21.3. The molecule has 2 atom stereocenters. The third kappa shape index (κ3) is 3.45. The predicted octanol–water partition coefficient (Wildman–Crippen LogP) is 5.25. The maximum Gasteiger partial charge on any atom is 0.416 e. The Morgan fingerprint density at radius 2 is 1.56 bits per heavy atom. The van der Waals surface area contributed by atoms with Gasteiger partial charge in [-0.05, 0) is 68.6 Å². The summed E-state index contributed by atoms with van der Waals surface area (Å²) in [5.74, 6) is -0.0274. The number of alkyl halides is 6. The molecule has 0 aliphatic heterocycles. The Balaban J connectivity index is 1.48. The van der Waals surface area contributed by atoms with E-state index < -0.39 is 46.0 Å². The molecule has 0 saturated heterocycles. The van der Waals surface area contributed by atoms with Crippen LogP contribution in [0, 0.1) is 17.3 Å². The van der Waals surface area contributed by atoms with Crippen molar-refractivity contribution < 1.29 is 31.1 Å². The van der Waals surface area contributed by atoms with Crippen LogP contribution in [0.1, 0.15) is 49.7 Å². The van der Waals surface area contributed by atoms with Gasteiger partial charge in [-0.2, -0.15) is 31.4 Å². The minimum Gasteiger partial charge on any atom is -0.326 e. The smallest absolute Gasteiger partial charge is 0.326 e. The van der Waals surface area contributed by atoms with Gasteiger partial charge in [0.2, 0.25) is 5.91 Å². The molecule has 1 amide bonds. The lowest BCUT2D eigenvalue weighted by molar-refractivity contribution is -0.150. The number of amides is 1. The van der Waals surface area contributed by atoms with Crippen molar-refractivity contribution in [2.75, 3.05) is 5.32 Å². The van der Waals surface area contributed by atoms with Gasteiger partial charge in [0.05, 0.1) is 22.1 Å². The van der Waals surface area contributed by atoms with Crippen LogP contribution in [0.2, 0.25) is 0 Å². The van der Waals surface area contributed by atoms with Gasteiger partial charge in [-0.3, -0.25) is 4.79 Å². The largest absolute Gasteiger partial charge is 0.416 e. The number of nitrogens with zero attached hydrogens (tertiary/aromatic N) is 3. The van der Waals surface area contributed by atoms with Gasteiger partial charge in [0.25, 0.3) is 0 Å². The van der Waals surface area contributed by atoms with E-state index in [1.165, 1.54) is 6.33 Å². The molecular weight excluding hydrogens is 438 g/mol. The van der Waals surface area contributed by atoms with Crippen molar-refractivity contribution in [3.63, 3.8) is 0 Å². The zero-order valence-corrected chi connectivity index (χ0v) is 16.8. The SMILES string of the molecule is O=C(Nc1cc(C(F)(F)F)cc(C(F)(F)F)c1)C12C[C@@H]3C[C@@H](C1)CC(n1cncn1)(C3)C2. The number of benzene rings is 1. The van der Waals surface area contributed by atoms with Crippen LogP contribution in [0.3, 0.4) is 0 Å². The fourth-order valence-corrected chi connectivity index (χ4v) is 6.49. The molecule has 172 valence electrons. The zero-order valence-electron chi connectivity index (χ0n) is 16.8. The van der Waals surface area contributed by atoms with Crippen molar-refractivity contribution in [3.05, 3.63) is 42.0 Å². The van der Waals surface area contributed by atoms with Gasteiger partial charge in [-0.15, -0.1) is 0 Å². The van der Waals surface area contributed by atoms with Crippen LogP contribution < -0.4 is 5.32 Å². The second-order valence-electron chi connectivity index (χ2n) is 9.55. The van der Waals surface area contributed by atoms with Gasteiger partial charge < -0.3 is 5.32 Å². The first-order chi connectivity index (χ1) is 14.9. The van der Waals surface area contributed by atoms with E-state index in [1.54, 1.807) is 11.0 Å². The summed E-state index contributed by atoms with van der Waals surface area (Å²) in [6.07, 6.45) is -2.70. The Morgan fingerprint density at radius 1 is 0.969 bits per heavy atom. The van der Waals surface area contributed by atoms with Crippen molar-refractivity contribution in [1.29, 1.82) is 0 Å². The molecule has 4 bridgehead atoms. The van der Waals surface area contributed by atoms with E-state index in [-0.39, 0.29) is 17.9 Å². The molecule has 1 aromatic carbocycles. The van der Waals surface area contributed by atoms with Crippen molar-refractivity contribution >= 4 is 11.6 Å². The number of halogens is 6.